The number of carbonyl (C=O) groups excluding carboxylic acids is 1. The monoisotopic (exact) mass is 354 g/mol. The van der Waals surface area contributed by atoms with Gasteiger partial charge in [0.1, 0.15) is 0 Å². The Kier molecular flexibility index (Phi) is 5.41. The summed E-state index contributed by atoms with van der Waals surface area (Å²) in [6.45, 7) is 10.3. The molecule has 2 rings (SSSR count). The lowest BCUT2D eigenvalue weighted by atomic mass is 10.0. The number of nitrogens with zero attached hydrogens (tertiary/aromatic N) is 1. The summed E-state index contributed by atoms with van der Waals surface area (Å²) in [6.07, 6.45) is 0. The highest BCUT2D eigenvalue weighted by atomic mass is 79.9. The van der Waals surface area contributed by atoms with Gasteiger partial charge in [0.25, 0.3) is 5.91 Å². The number of rotatable bonds is 4. The standard InChI is InChI=1S/C16H23BrN2O2/c1-12-4-5-13(17)10-14(12)15(20)18-11-16(2,3)19-6-8-21-9-7-19/h4-5,10H,6-9,11H2,1-3H3,(H,18,20). The van der Waals surface area contributed by atoms with Gasteiger partial charge in [0, 0.05) is 35.2 Å². The number of nitrogens with one attached hydrogen (secondary N) is 1. The molecule has 21 heavy (non-hydrogen) atoms. The van der Waals surface area contributed by atoms with E-state index >= 15 is 0 Å². The van der Waals surface area contributed by atoms with E-state index in [2.05, 4.69) is 40.0 Å². The van der Waals surface area contributed by atoms with Crippen LogP contribution >= 0.6 is 15.9 Å². The molecule has 0 spiro atoms. The van der Waals surface area contributed by atoms with Crippen molar-refractivity contribution in [3.63, 3.8) is 0 Å². The molecule has 0 bridgehead atoms. The van der Waals surface area contributed by atoms with E-state index < -0.39 is 0 Å². The summed E-state index contributed by atoms with van der Waals surface area (Å²) in [6, 6.07) is 5.77. The maximum atomic E-state index is 12.4. The predicted octanol–water partition coefficient (Wildman–Crippen LogP) is 2.60. The zero-order valence-electron chi connectivity index (χ0n) is 12.9. The van der Waals surface area contributed by atoms with Gasteiger partial charge in [-0.2, -0.15) is 0 Å². The molecule has 5 heteroatoms. The first-order valence-electron chi connectivity index (χ1n) is 7.27. The summed E-state index contributed by atoms with van der Waals surface area (Å²) in [5.74, 6) is -0.0184. The molecule has 0 unspecified atom stereocenters. The van der Waals surface area contributed by atoms with Gasteiger partial charge in [-0.1, -0.05) is 22.0 Å². The molecular weight excluding hydrogens is 332 g/mol. The minimum absolute atomic E-state index is 0.0184. The van der Waals surface area contributed by atoms with E-state index in [9.17, 15) is 4.79 Å². The molecule has 0 aliphatic carbocycles. The molecule has 1 heterocycles. The van der Waals surface area contributed by atoms with Gasteiger partial charge in [-0.15, -0.1) is 0 Å². The third-order valence-electron chi connectivity index (χ3n) is 3.99. The summed E-state index contributed by atoms with van der Waals surface area (Å²) in [5, 5.41) is 3.06. The van der Waals surface area contributed by atoms with Crippen LogP contribution in [-0.4, -0.2) is 49.2 Å². The summed E-state index contributed by atoms with van der Waals surface area (Å²) in [5.41, 5.74) is 1.64. The molecule has 0 atom stereocenters. The van der Waals surface area contributed by atoms with Crippen LogP contribution in [-0.2, 0) is 4.74 Å². The fourth-order valence-corrected chi connectivity index (χ4v) is 2.87. The van der Waals surface area contributed by atoms with Crippen LogP contribution in [0.1, 0.15) is 29.8 Å². The minimum atomic E-state index is -0.0701. The number of morpholine rings is 1. The van der Waals surface area contributed by atoms with Crippen molar-refractivity contribution in [1.82, 2.24) is 10.2 Å². The molecule has 1 aliphatic rings. The highest BCUT2D eigenvalue weighted by Crippen LogP contribution is 2.18. The van der Waals surface area contributed by atoms with E-state index in [-0.39, 0.29) is 11.4 Å². The van der Waals surface area contributed by atoms with Crippen molar-refractivity contribution in [3.05, 3.63) is 33.8 Å². The molecule has 1 aromatic carbocycles. The first kappa shape index (κ1) is 16.5. The molecule has 1 aromatic rings. The Morgan fingerprint density at radius 1 is 1.38 bits per heavy atom. The van der Waals surface area contributed by atoms with Gasteiger partial charge < -0.3 is 10.1 Å². The van der Waals surface area contributed by atoms with Gasteiger partial charge >= 0.3 is 0 Å². The fraction of sp³-hybridized carbons (Fsp3) is 0.562. The van der Waals surface area contributed by atoms with Crippen molar-refractivity contribution >= 4 is 21.8 Å². The predicted molar refractivity (Wildman–Crippen MR) is 87.7 cm³/mol. The van der Waals surface area contributed by atoms with Crippen LogP contribution < -0.4 is 5.32 Å². The zero-order chi connectivity index (χ0) is 15.5. The Balaban J connectivity index is 1.98. The maximum Gasteiger partial charge on any atom is 0.251 e. The molecule has 1 aliphatic heterocycles. The number of amides is 1. The van der Waals surface area contributed by atoms with E-state index in [0.29, 0.717) is 6.54 Å². The van der Waals surface area contributed by atoms with E-state index in [1.54, 1.807) is 0 Å². The van der Waals surface area contributed by atoms with Crippen LogP contribution in [0.4, 0.5) is 0 Å². The first-order valence-corrected chi connectivity index (χ1v) is 8.06. The minimum Gasteiger partial charge on any atom is -0.379 e. The Bertz CT molecular complexity index is 511. The van der Waals surface area contributed by atoms with Gasteiger partial charge in [-0.05, 0) is 38.5 Å². The second-order valence-electron chi connectivity index (χ2n) is 6.05. The summed E-state index contributed by atoms with van der Waals surface area (Å²) in [7, 11) is 0. The van der Waals surface area contributed by atoms with Gasteiger partial charge in [-0.3, -0.25) is 9.69 Å². The Labute approximate surface area is 135 Å². The molecule has 1 saturated heterocycles. The first-order chi connectivity index (χ1) is 9.90. The van der Waals surface area contributed by atoms with Crippen LogP contribution in [0.3, 0.4) is 0 Å². The molecule has 0 saturated carbocycles. The Morgan fingerprint density at radius 3 is 2.71 bits per heavy atom. The van der Waals surface area contributed by atoms with Crippen molar-refractivity contribution in [2.24, 2.45) is 0 Å². The van der Waals surface area contributed by atoms with Crippen molar-refractivity contribution in [2.75, 3.05) is 32.8 Å². The smallest absolute Gasteiger partial charge is 0.251 e. The highest BCUT2D eigenvalue weighted by Gasteiger charge is 2.28. The molecular formula is C16H23BrN2O2. The third-order valence-corrected chi connectivity index (χ3v) is 4.49. The summed E-state index contributed by atoms with van der Waals surface area (Å²) in [4.78, 5) is 14.7. The number of halogens is 1. The normalized spacial score (nSPS) is 16.8. The molecule has 4 nitrogen and oxygen atoms in total. The van der Waals surface area contributed by atoms with Crippen LogP contribution in [0.5, 0.6) is 0 Å². The SMILES string of the molecule is Cc1ccc(Br)cc1C(=O)NCC(C)(C)N1CCOCC1. The zero-order valence-corrected chi connectivity index (χ0v) is 14.5. The van der Waals surface area contributed by atoms with E-state index in [4.69, 9.17) is 4.74 Å². The van der Waals surface area contributed by atoms with Crippen LogP contribution in [0.25, 0.3) is 0 Å². The quantitative estimate of drug-likeness (QED) is 0.903. The van der Waals surface area contributed by atoms with Gasteiger partial charge in [0.2, 0.25) is 0 Å². The Hall–Kier alpha value is -0.910. The number of carbonyl (C=O) groups is 1. The van der Waals surface area contributed by atoms with E-state index in [1.165, 1.54) is 0 Å². The molecule has 1 amide bonds. The molecule has 1 fully saturated rings. The molecule has 1 N–H and O–H groups in total. The average molecular weight is 355 g/mol. The number of benzene rings is 1. The number of aryl methyl sites for hydroxylation is 1. The Morgan fingerprint density at radius 2 is 2.05 bits per heavy atom. The second kappa shape index (κ2) is 6.90. The number of hydrogen-bond acceptors (Lipinski definition) is 3. The average Bonchev–Trinajstić information content (AvgIpc) is 2.48. The largest absolute Gasteiger partial charge is 0.379 e. The highest BCUT2D eigenvalue weighted by molar-refractivity contribution is 9.10. The van der Waals surface area contributed by atoms with E-state index in [0.717, 1.165) is 41.9 Å². The van der Waals surface area contributed by atoms with Gasteiger partial charge in [0.05, 0.1) is 13.2 Å². The van der Waals surface area contributed by atoms with Crippen LogP contribution in [0, 0.1) is 6.92 Å². The van der Waals surface area contributed by atoms with Crippen molar-refractivity contribution in [2.45, 2.75) is 26.3 Å². The van der Waals surface area contributed by atoms with Crippen LogP contribution in [0.2, 0.25) is 0 Å². The fourth-order valence-electron chi connectivity index (χ4n) is 2.51. The summed E-state index contributed by atoms with van der Waals surface area (Å²) >= 11 is 3.42. The maximum absolute atomic E-state index is 12.4. The van der Waals surface area contributed by atoms with Crippen molar-refractivity contribution < 1.29 is 9.53 Å². The molecule has 0 radical (unpaired) electrons. The summed E-state index contributed by atoms with van der Waals surface area (Å²) < 4.78 is 6.31. The van der Waals surface area contributed by atoms with Crippen molar-refractivity contribution in [3.8, 4) is 0 Å². The lowest BCUT2D eigenvalue weighted by Gasteiger charge is -2.40. The van der Waals surface area contributed by atoms with Gasteiger partial charge in [-0.25, -0.2) is 0 Å². The van der Waals surface area contributed by atoms with Gasteiger partial charge in [0.15, 0.2) is 0 Å². The van der Waals surface area contributed by atoms with E-state index in [1.807, 2.05) is 25.1 Å². The number of ether oxygens (including phenoxy) is 1. The lowest BCUT2D eigenvalue weighted by molar-refractivity contribution is -0.00923. The van der Waals surface area contributed by atoms with Crippen LogP contribution in [0.15, 0.2) is 22.7 Å². The molecule has 116 valence electrons. The number of hydrogen-bond donors (Lipinski definition) is 1. The lowest BCUT2D eigenvalue weighted by Crippen LogP contribution is -2.55. The topological polar surface area (TPSA) is 41.6 Å². The second-order valence-corrected chi connectivity index (χ2v) is 6.97. The van der Waals surface area contributed by atoms with Crippen molar-refractivity contribution in [1.29, 1.82) is 0 Å². The molecule has 0 aromatic heterocycles. The third kappa shape index (κ3) is 4.28.